The molecule has 0 spiro atoms. The molecule has 1 N–H and O–H groups in total. The highest BCUT2D eigenvalue weighted by molar-refractivity contribution is 5.94. The Labute approximate surface area is 92.3 Å². The summed E-state index contributed by atoms with van der Waals surface area (Å²) < 4.78 is 0. The summed E-state index contributed by atoms with van der Waals surface area (Å²) in [5, 5.41) is 10.8. The Morgan fingerprint density at radius 1 is 1.00 bits per heavy atom. The lowest BCUT2D eigenvalue weighted by Crippen LogP contribution is -1.94. The number of hydrogen-bond donors (Lipinski definition) is 1. The molecule has 0 saturated carbocycles. The summed E-state index contributed by atoms with van der Waals surface area (Å²) in [6.07, 6.45) is 0. The number of rotatable bonds is 1. The molecule has 0 radical (unpaired) electrons. The van der Waals surface area contributed by atoms with Crippen LogP contribution >= 0.6 is 0 Å². The maximum atomic E-state index is 10.6. The minimum Gasteiger partial charge on any atom is -0.478 e. The molecule has 2 aromatic rings. The van der Waals surface area contributed by atoms with Crippen molar-refractivity contribution in [3.05, 3.63) is 48.0 Å². The minimum absolute atomic E-state index is 0. The van der Waals surface area contributed by atoms with Gasteiger partial charge in [0.2, 0.25) is 0 Å². The first-order valence-corrected chi connectivity index (χ1v) is 3.99. The Hall–Kier alpha value is -1.30. The van der Waals surface area contributed by atoms with Gasteiger partial charge in [0.25, 0.3) is 0 Å². The second-order valence-corrected chi connectivity index (χ2v) is 2.87. The van der Waals surface area contributed by atoms with E-state index < -0.39 is 5.97 Å². The molecular formula is C11H11AlO2. The zero-order valence-corrected chi connectivity index (χ0v) is 6.90. The van der Waals surface area contributed by atoms with Gasteiger partial charge in [-0.1, -0.05) is 30.3 Å². The van der Waals surface area contributed by atoms with E-state index in [1.165, 1.54) is 0 Å². The summed E-state index contributed by atoms with van der Waals surface area (Å²) >= 11 is 0. The Morgan fingerprint density at radius 2 is 1.64 bits per heavy atom. The van der Waals surface area contributed by atoms with Crippen LogP contribution in [0.2, 0.25) is 0 Å². The van der Waals surface area contributed by atoms with Crippen molar-refractivity contribution < 1.29 is 9.90 Å². The lowest BCUT2D eigenvalue weighted by atomic mass is 10.1. The van der Waals surface area contributed by atoms with Crippen LogP contribution in [0.1, 0.15) is 10.4 Å². The summed E-state index contributed by atoms with van der Waals surface area (Å²) in [7, 11) is 0. The predicted octanol–water partition coefficient (Wildman–Crippen LogP) is 1.35. The number of hydrogen-bond acceptors (Lipinski definition) is 1. The predicted molar refractivity (Wildman–Crippen MR) is 60.8 cm³/mol. The van der Waals surface area contributed by atoms with Crippen molar-refractivity contribution in [2.45, 2.75) is 0 Å². The molecule has 2 nitrogen and oxygen atoms in total. The maximum Gasteiger partial charge on any atom is 0.335 e. The van der Waals surface area contributed by atoms with Gasteiger partial charge in [-0.25, -0.2) is 4.79 Å². The molecule has 0 atom stereocenters. The van der Waals surface area contributed by atoms with E-state index in [0.717, 1.165) is 10.8 Å². The van der Waals surface area contributed by atoms with Crippen molar-refractivity contribution in [1.29, 1.82) is 0 Å². The fraction of sp³-hybridized carbons (Fsp3) is 0. The van der Waals surface area contributed by atoms with Gasteiger partial charge in [0.1, 0.15) is 0 Å². The van der Waals surface area contributed by atoms with Gasteiger partial charge in [-0.3, -0.25) is 0 Å². The highest BCUT2D eigenvalue weighted by Crippen LogP contribution is 2.15. The molecule has 0 fully saturated rings. The fourth-order valence-corrected chi connectivity index (χ4v) is 1.32. The number of carboxylic acids is 1. The SMILES string of the molecule is O=C(O)c1ccc2ccccc2c1.[AlH3]. The van der Waals surface area contributed by atoms with Crippen LogP contribution in [-0.4, -0.2) is 28.4 Å². The number of carbonyl (C=O) groups is 1. The number of aromatic carboxylic acids is 1. The third-order valence-corrected chi connectivity index (χ3v) is 2.00. The standard InChI is InChI=1S/C11H8O2.Al.3H/c12-11(13)10-6-5-8-3-1-2-4-9(8)7-10;;;;/h1-7H,(H,12,13);;;;. The van der Waals surface area contributed by atoms with Crippen LogP contribution in [0.5, 0.6) is 0 Å². The molecule has 0 amide bonds. The normalized spacial score (nSPS) is 9.43. The monoisotopic (exact) mass is 202 g/mol. The van der Waals surface area contributed by atoms with E-state index in [1.807, 2.05) is 30.3 Å². The smallest absolute Gasteiger partial charge is 0.335 e. The molecule has 0 aromatic heterocycles. The minimum atomic E-state index is -0.884. The first kappa shape index (κ1) is 10.8. The van der Waals surface area contributed by atoms with E-state index in [4.69, 9.17) is 5.11 Å². The highest BCUT2D eigenvalue weighted by Gasteiger charge is 2.01. The van der Waals surface area contributed by atoms with Gasteiger partial charge in [0, 0.05) is 0 Å². The van der Waals surface area contributed by atoms with Crippen LogP contribution < -0.4 is 0 Å². The van der Waals surface area contributed by atoms with E-state index in [9.17, 15) is 4.79 Å². The second kappa shape index (κ2) is 4.28. The van der Waals surface area contributed by atoms with E-state index in [1.54, 1.807) is 12.1 Å². The molecule has 70 valence electrons. The van der Waals surface area contributed by atoms with Gasteiger partial charge < -0.3 is 5.11 Å². The molecule has 0 aliphatic carbocycles. The summed E-state index contributed by atoms with van der Waals surface area (Å²) in [5.74, 6) is -0.884. The van der Waals surface area contributed by atoms with Crippen molar-refractivity contribution >= 4 is 34.1 Å². The van der Waals surface area contributed by atoms with Gasteiger partial charge in [-0.05, 0) is 22.9 Å². The lowest BCUT2D eigenvalue weighted by molar-refractivity contribution is 0.0697. The van der Waals surface area contributed by atoms with Crippen molar-refractivity contribution in [2.24, 2.45) is 0 Å². The fourth-order valence-electron chi connectivity index (χ4n) is 1.32. The summed E-state index contributed by atoms with van der Waals surface area (Å²) in [6.45, 7) is 0. The van der Waals surface area contributed by atoms with Gasteiger partial charge >= 0.3 is 5.97 Å². The first-order chi connectivity index (χ1) is 6.27. The zero-order valence-electron chi connectivity index (χ0n) is 6.90. The van der Waals surface area contributed by atoms with Crippen molar-refractivity contribution in [1.82, 2.24) is 0 Å². The van der Waals surface area contributed by atoms with E-state index in [-0.39, 0.29) is 17.4 Å². The average Bonchev–Trinajstić information content (AvgIpc) is 2.17. The quantitative estimate of drug-likeness (QED) is 0.709. The number of fused-ring (bicyclic) bond motifs is 1. The van der Waals surface area contributed by atoms with Gasteiger partial charge in [0.15, 0.2) is 17.4 Å². The van der Waals surface area contributed by atoms with Crippen molar-refractivity contribution in [3.8, 4) is 0 Å². The molecule has 0 bridgehead atoms. The Morgan fingerprint density at radius 3 is 2.29 bits per heavy atom. The molecule has 2 aromatic carbocycles. The average molecular weight is 202 g/mol. The summed E-state index contributed by atoms with van der Waals surface area (Å²) in [6, 6.07) is 12.8. The molecule has 0 saturated heterocycles. The van der Waals surface area contributed by atoms with E-state index in [0.29, 0.717) is 5.56 Å². The first-order valence-electron chi connectivity index (χ1n) is 3.99. The van der Waals surface area contributed by atoms with Crippen molar-refractivity contribution in [3.63, 3.8) is 0 Å². The van der Waals surface area contributed by atoms with Crippen LogP contribution in [-0.2, 0) is 0 Å². The van der Waals surface area contributed by atoms with Gasteiger partial charge in [-0.2, -0.15) is 0 Å². The molecule has 3 heteroatoms. The van der Waals surface area contributed by atoms with Gasteiger partial charge in [-0.15, -0.1) is 0 Å². The largest absolute Gasteiger partial charge is 0.478 e. The number of carboxylic acid groups (broad SMARTS) is 1. The lowest BCUT2D eigenvalue weighted by Gasteiger charge is -1.98. The van der Waals surface area contributed by atoms with Gasteiger partial charge in [0.05, 0.1) is 5.56 Å². The van der Waals surface area contributed by atoms with Crippen LogP contribution in [0.25, 0.3) is 10.8 Å². The maximum absolute atomic E-state index is 10.6. The highest BCUT2D eigenvalue weighted by atomic mass is 27.0. The molecule has 2 rings (SSSR count). The Bertz CT molecular complexity index is 466. The molecule has 0 aliphatic rings. The van der Waals surface area contributed by atoms with E-state index in [2.05, 4.69) is 0 Å². The Balaban J connectivity index is 0.000000980. The molecule has 0 aliphatic heterocycles. The van der Waals surface area contributed by atoms with Crippen LogP contribution in [0.3, 0.4) is 0 Å². The number of benzene rings is 2. The van der Waals surface area contributed by atoms with E-state index >= 15 is 0 Å². The second-order valence-electron chi connectivity index (χ2n) is 2.87. The third kappa shape index (κ3) is 1.95. The third-order valence-electron chi connectivity index (χ3n) is 2.00. The summed E-state index contributed by atoms with van der Waals surface area (Å²) in [5.41, 5.74) is 0.332. The molecular weight excluding hydrogens is 191 g/mol. The molecule has 0 unspecified atom stereocenters. The zero-order chi connectivity index (χ0) is 9.26. The molecule has 0 heterocycles. The summed E-state index contributed by atoms with van der Waals surface area (Å²) in [4.78, 5) is 10.6. The molecule has 14 heavy (non-hydrogen) atoms. The topological polar surface area (TPSA) is 37.3 Å². The van der Waals surface area contributed by atoms with Crippen LogP contribution in [0.15, 0.2) is 42.5 Å². The van der Waals surface area contributed by atoms with Crippen LogP contribution in [0, 0.1) is 0 Å². The van der Waals surface area contributed by atoms with Crippen LogP contribution in [0.4, 0.5) is 0 Å². The van der Waals surface area contributed by atoms with Crippen molar-refractivity contribution in [2.75, 3.05) is 0 Å². The Kier molecular flexibility index (Phi) is 3.29.